The SMILES string of the molecule is CCNc1cc(C(C)C)nc(-c2cscn2)n1. The van der Waals surface area contributed by atoms with Crippen molar-refractivity contribution in [3.63, 3.8) is 0 Å². The Bertz CT molecular complexity index is 479. The molecule has 90 valence electrons. The maximum atomic E-state index is 4.55. The lowest BCUT2D eigenvalue weighted by molar-refractivity contribution is 0.816. The molecule has 2 heterocycles. The molecule has 0 aliphatic rings. The summed E-state index contributed by atoms with van der Waals surface area (Å²) in [7, 11) is 0. The third-order valence-corrected chi connectivity index (χ3v) is 2.94. The molecule has 1 N–H and O–H groups in total. The quantitative estimate of drug-likeness (QED) is 0.903. The van der Waals surface area contributed by atoms with Crippen molar-refractivity contribution in [1.29, 1.82) is 0 Å². The van der Waals surface area contributed by atoms with Crippen molar-refractivity contribution in [2.45, 2.75) is 26.7 Å². The van der Waals surface area contributed by atoms with E-state index < -0.39 is 0 Å². The van der Waals surface area contributed by atoms with E-state index in [-0.39, 0.29) is 0 Å². The Morgan fingerprint density at radius 2 is 2.18 bits per heavy atom. The van der Waals surface area contributed by atoms with Crippen LogP contribution in [0.15, 0.2) is 17.0 Å². The third kappa shape index (κ3) is 2.79. The minimum absolute atomic E-state index is 0.382. The second-order valence-electron chi connectivity index (χ2n) is 4.06. The monoisotopic (exact) mass is 248 g/mol. The Labute approximate surface area is 105 Å². The molecule has 4 nitrogen and oxygen atoms in total. The predicted molar refractivity (Wildman–Crippen MR) is 71.4 cm³/mol. The van der Waals surface area contributed by atoms with Gasteiger partial charge in [0.25, 0.3) is 0 Å². The van der Waals surface area contributed by atoms with E-state index >= 15 is 0 Å². The van der Waals surface area contributed by atoms with Gasteiger partial charge in [0.05, 0.1) is 5.51 Å². The topological polar surface area (TPSA) is 50.7 Å². The van der Waals surface area contributed by atoms with Crippen LogP contribution in [0.1, 0.15) is 32.4 Å². The maximum absolute atomic E-state index is 4.55. The van der Waals surface area contributed by atoms with Gasteiger partial charge in [-0.1, -0.05) is 13.8 Å². The van der Waals surface area contributed by atoms with Crippen molar-refractivity contribution in [1.82, 2.24) is 15.0 Å². The lowest BCUT2D eigenvalue weighted by Gasteiger charge is -2.09. The van der Waals surface area contributed by atoms with Crippen LogP contribution in [-0.2, 0) is 0 Å². The molecule has 0 spiro atoms. The maximum Gasteiger partial charge on any atom is 0.181 e. The van der Waals surface area contributed by atoms with Gasteiger partial charge in [-0.25, -0.2) is 15.0 Å². The summed E-state index contributed by atoms with van der Waals surface area (Å²) in [6.45, 7) is 7.16. The van der Waals surface area contributed by atoms with E-state index in [0.717, 1.165) is 23.8 Å². The number of nitrogens with one attached hydrogen (secondary N) is 1. The summed E-state index contributed by atoms with van der Waals surface area (Å²) < 4.78 is 0. The van der Waals surface area contributed by atoms with Gasteiger partial charge < -0.3 is 5.32 Å². The Kier molecular flexibility index (Phi) is 3.68. The predicted octanol–water partition coefficient (Wildman–Crippen LogP) is 3.16. The van der Waals surface area contributed by atoms with E-state index in [0.29, 0.717) is 11.7 Å². The van der Waals surface area contributed by atoms with E-state index in [4.69, 9.17) is 0 Å². The molecule has 0 fully saturated rings. The minimum Gasteiger partial charge on any atom is -0.370 e. The zero-order valence-corrected chi connectivity index (χ0v) is 11.1. The fraction of sp³-hybridized carbons (Fsp3) is 0.417. The molecule has 17 heavy (non-hydrogen) atoms. The molecular weight excluding hydrogens is 232 g/mol. The van der Waals surface area contributed by atoms with Crippen molar-refractivity contribution >= 4 is 17.2 Å². The van der Waals surface area contributed by atoms with Gasteiger partial charge in [0.1, 0.15) is 11.5 Å². The summed E-state index contributed by atoms with van der Waals surface area (Å²) in [5.74, 6) is 1.95. The molecule has 0 saturated carbocycles. The molecule has 2 rings (SSSR count). The summed E-state index contributed by atoms with van der Waals surface area (Å²) in [5.41, 5.74) is 3.68. The fourth-order valence-corrected chi connectivity index (χ4v) is 2.00. The Hall–Kier alpha value is -1.49. The van der Waals surface area contributed by atoms with Crippen LogP contribution >= 0.6 is 11.3 Å². The van der Waals surface area contributed by atoms with Gasteiger partial charge in [0, 0.05) is 23.7 Å². The zero-order chi connectivity index (χ0) is 12.3. The van der Waals surface area contributed by atoms with Crippen molar-refractivity contribution in [2.24, 2.45) is 0 Å². The average molecular weight is 248 g/mol. The van der Waals surface area contributed by atoms with Gasteiger partial charge in [0.2, 0.25) is 0 Å². The van der Waals surface area contributed by atoms with Gasteiger partial charge >= 0.3 is 0 Å². The highest BCUT2D eigenvalue weighted by Crippen LogP contribution is 2.21. The van der Waals surface area contributed by atoms with Crippen LogP contribution in [0.5, 0.6) is 0 Å². The molecule has 2 aromatic heterocycles. The number of rotatable bonds is 4. The van der Waals surface area contributed by atoms with E-state index in [1.165, 1.54) is 0 Å². The van der Waals surface area contributed by atoms with Gasteiger partial charge in [0.15, 0.2) is 5.82 Å². The van der Waals surface area contributed by atoms with Crippen LogP contribution in [0.4, 0.5) is 5.82 Å². The highest BCUT2D eigenvalue weighted by atomic mass is 32.1. The summed E-state index contributed by atoms with van der Waals surface area (Å²) in [4.78, 5) is 13.3. The van der Waals surface area contributed by atoms with Crippen molar-refractivity contribution in [3.05, 3.63) is 22.7 Å². The number of hydrogen-bond donors (Lipinski definition) is 1. The smallest absolute Gasteiger partial charge is 0.181 e. The first-order valence-electron chi connectivity index (χ1n) is 5.72. The Morgan fingerprint density at radius 3 is 2.76 bits per heavy atom. The first kappa shape index (κ1) is 12.0. The lowest BCUT2D eigenvalue weighted by atomic mass is 10.1. The fourth-order valence-electron chi connectivity index (χ4n) is 1.47. The Balaban J connectivity index is 2.44. The summed E-state index contributed by atoms with van der Waals surface area (Å²) in [6, 6.07) is 2.00. The molecule has 0 bridgehead atoms. The molecule has 0 amide bonds. The highest BCUT2D eigenvalue weighted by molar-refractivity contribution is 7.07. The lowest BCUT2D eigenvalue weighted by Crippen LogP contribution is -2.05. The number of aromatic nitrogens is 3. The second-order valence-corrected chi connectivity index (χ2v) is 4.78. The Morgan fingerprint density at radius 1 is 1.35 bits per heavy atom. The molecule has 0 aliphatic carbocycles. The summed E-state index contributed by atoms with van der Waals surface area (Å²) in [6.07, 6.45) is 0. The number of anilines is 1. The average Bonchev–Trinajstić information content (AvgIpc) is 2.82. The van der Waals surface area contributed by atoms with Crippen LogP contribution in [0.25, 0.3) is 11.5 Å². The molecule has 0 unspecified atom stereocenters. The van der Waals surface area contributed by atoms with Crippen molar-refractivity contribution in [2.75, 3.05) is 11.9 Å². The first-order valence-corrected chi connectivity index (χ1v) is 6.66. The normalized spacial score (nSPS) is 10.8. The number of nitrogens with zero attached hydrogens (tertiary/aromatic N) is 3. The van der Waals surface area contributed by atoms with Gasteiger partial charge in [-0.15, -0.1) is 11.3 Å². The van der Waals surface area contributed by atoms with E-state index in [2.05, 4.69) is 41.0 Å². The summed E-state index contributed by atoms with van der Waals surface area (Å²) >= 11 is 1.56. The molecule has 2 aromatic rings. The standard InChI is InChI=1S/C12H16N4S/c1-4-13-11-5-9(8(2)3)15-12(16-11)10-6-17-7-14-10/h5-8H,4H2,1-3H3,(H,13,15,16). The molecule has 0 atom stereocenters. The van der Waals surface area contributed by atoms with Gasteiger partial charge in [-0.3, -0.25) is 0 Å². The second kappa shape index (κ2) is 5.23. The minimum atomic E-state index is 0.382. The van der Waals surface area contributed by atoms with Gasteiger partial charge in [-0.2, -0.15) is 0 Å². The number of thiazole rings is 1. The molecule has 0 aromatic carbocycles. The first-order chi connectivity index (χ1) is 8.20. The summed E-state index contributed by atoms with van der Waals surface area (Å²) in [5, 5.41) is 5.20. The molecule has 0 aliphatic heterocycles. The third-order valence-electron chi connectivity index (χ3n) is 2.36. The highest BCUT2D eigenvalue weighted by Gasteiger charge is 2.10. The zero-order valence-electron chi connectivity index (χ0n) is 10.3. The number of hydrogen-bond acceptors (Lipinski definition) is 5. The molecule has 0 saturated heterocycles. The van der Waals surface area contributed by atoms with E-state index in [9.17, 15) is 0 Å². The van der Waals surface area contributed by atoms with Crippen LogP contribution in [0.3, 0.4) is 0 Å². The molecular formula is C12H16N4S. The van der Waals surface area contributed by atoms with E-state index in [1.807, 2.05) is 11.4 Å². The molecule has 5 heteroatoms. The van der Waals surface area contributed by atoms with Crippen LogP contribution in [0.2, 0.25) is 0 Å². The van der Waals surface area contributed by atoms with Crippen LogP contribution in [-0.4, -0.2) is 21.5 Å². The van der Waals surface area contributed by atoms with E-state index in [1.54, 1.807) is 16.8 Å². The van der Waals surface area contributed by atoms with Crippen molar-refractivity contribution in [3.8, 4) is 11.5 Å². The van der Waals surface area contributed by atoms with Crippen LogP contribution < -0.4 is 5.32 Å². The van der Waals surface area contributed by atoms with Crippen LogP contribution in [0, 0.1) is 0 Å². The van der Waals surface area contributed by atoms with Crippen molar-refractivity contribution < 1.29 is 0 Å². The largest absolute Gasteiger partial charge is 0.370 e. The molecule has 0 radical (unpaired) electrons. The van der Waals surface area contributed by atoms with Gasteiger partial charge in [-0.05, 0) is 12.8 Å².